The van der Waals surface area contributed by atoms with Crippen molar-refractivity contribution in [1.82, 2.24) is 0 Å². The van der Waals surface area contributed by atoms with Gasteiger partial charge in [-0.1, -0.05) is 11.6 Å². The van der Waals surface area contributed by atoms with Crippen molar-refractivity contribution < 1.29 is 33.4 Å². The molecule has 10 heteroatoms. The van der Waals surface area contributed by atoms with E-state index in [-0.39, 0.29) is 25.5 Å². The topological polar surface area (TPSA) is 111 Å². The monoisotopic (exact) mass is 474 g/mol. The minimum Gasteiger partial charge on any atom is -0.495 e. The number of nitrogens with one attached hydrogen (secondary N) is 1. The van der Waals surface area contributed by atoms with Crippen molar-refractivity contribution in [3.05, 3.63) is 53.1 Å². The molecule has 1 atom stereocenters. The predicted molar refractivity (Wildman–Crippen MR) is 120 cm³/mol. The van der Waals surface area contributed by atoms with Crippen molar-refractivity contribution in [3.8, 4) is 5.75 Å². The summed E-state index contributed by atoms with van der Waals surface area (Å²) in [5.41, 5.74) is 1.26. The fourth-order valence-corrected chi connectivity index (χ4v) is 3.50. The molecule has 3 rings (SSSR count). The maximum atomic E-state index is 12.4. The van der Waals surface area contributed by atoms with Gasteiger partial charge in [-0.05, 0) is 49.4 Å². The highest BCUT2D eigenvalue weighted by Crippen LogP contribution is 2.28. The zero-order chi connectivity index (χ0) is 24.0. The lowest BCUT2D eigenvalue weighted by atomic mass is 10.1. The molecular weight excluding hydrogens is 452 g/mol. The second kappa shape index (κ2) is 10.8. The lowest BCUT2D eigenvalue weighted by Crippen LogP contribution is -2.28. The van der Waals surface area contributed by atoms with Gasteiger partial charge >= 0.3 is 11.9 Å². The van der Waals surface area contributed by atoms with Crippen LogP contribution in [0.5, 0.6) is 5.75 Å². The first-order valence-electron chi connectivity index (χ1n) is 10.2. The molecule has 174 valence electrons. The van der Waals surface area contributed by atoms with E-state index in [1.807, 2.05) is 0 Å². The Hall–Kier alpha value is -3.59. The molecule has 2 amide bonds. The summed E-state index contributed by atoms with van der Waals surface area (Å²) in [6, 6.07) is 11.1. The second-order valence-electron chi connectivity index (χ2n) is 7.17. The fraction of sp³-hybridized carbons (Fsp3) is 0.304. The van der Waals surface area contributed by atoms with Crippen LogP contribution < -0.4 is 15.0 Å². The Morgan fingerprint density at radius 3 is 2.52 bits per heavy atom. The normalized spacial score (nSPS) is 15.2. The number of methoxy groups -OCH3 is 1. The van der Waals surface area contributed by atoms with Gasteiger partial charge in [0.15, 0.2) is 6.61 Å². The molecule has 0 saturated carbocycles. The molecule has 2 aromatic rings. The van der Waals surface area contributed by atoms with Crippen LogP contribution in [0.4, 0.5) is 11.4 Å². The summed E-state index contributed by atoms with van der Waals surface area (Å²) in [6.07, 6.45) is -0.0395. The van der Waals surface area contributed by atoms with Crippen molar-refractivity contribution >= 4 is 46.7 Å². The number of esters is 2. The second-order valence-corrected chi connectivity index (χ2v) is 7.61. The first kappa shape index (κ1) is 24.1. The molecule has 1 fully saturated rings. The molecule has 0 aromatic heterocycles. The summed E-state index contributed by atoms with van der Waals surface area (Å²) >= 11 is 5.94. The third kappa shape index (κ3) is 6.01. The Morgan fingerprint density at radius 2 is 1.85 bits per heavy atom. The first-order chi connectivity index (χ1) is 15.8. The van der Waals surface area contributed by atoms with Gasteiger partial charge < -0.3 is 24.4 Å². The summed E-state index contributed by atoms with van der Waals surface area (Å²) < 4.78 is 15.2. The minimum atomic E-state index is -0.712. The van der Waals surface area contributed by atoms with Gasteiger partial charge in [-0.25, -0.2) is 4.79 Å². The zero-order valence-electron chi connectivity index (χ0n) is 18.1. The largest absolute Gasteiger partial charge is 0.495 e. The number of carbonyl (C=O) groups excluding carboxylic acids is 4. The number of hydrogen-bond donors (Lipinski definition) is 1. The lowest BCUT2D eigenvalue weighted by Gasteiger charge is -2.17. The van der Waals surface area contributed by atoms with Gasteiger partial charge in [0.1, 0.15) is 5.75 Å². The maximum Gasteiger partial charge on any atom is 0.338 e. The number of benzene rings is 2. The van der Waals surface area contributed by atoms with Gasteiger partial charge in [-0.2, -0.15) is 0 Å². The molecule has 0 spiro atoms. The van der Waals surface area contributed by atoms with Gasteiger partial charge in [0, 0.05) is 23.7 Å². The van der Waals surface area contributed by atoms with Gasteiger partial charge in [0.05, 0.1) is 30.9 Å². The molecule has 0 aliphatic carbocycles. The lowest BCUT2D eigenvalue weighted by molar-refractivity contribution is -0.151. The van der Waals surface area contributed by atoms with Gasteiger partial charge in [-0.3, -0.25) is 14.4 Å². The highest BCUT2D eigenvalue weighted by atomic mass is 35.5. The smallest absolute Gasteiger partial charge is 0.338 e. The first-order valence-corrected chi connectivity index (χ1v) is 10.6. The number of amides is 2. The third-order valence-electron chi connectivity index (χ3n) is 4.93. The van der Waals surface area contributed by atoms with Crippen molar-refractivity contribution in [1.29, 1.82) is 0 Å². The Balaban J connectivity index is 1.54. The van der Waals surface area contributed by atoms with E-state index in [1.165, 1.54) is 18.1 Å². The Morgan fingerprint density at radius 1 is 1.12 bits per heavy atom. The summed E-state index contributed by atoms with van der Waals surface area (Å²) in [6.45, 7) is 1.57. The van der Waals surface area contributed by atoms with E-state index in [0.29, 0.717) is 27.7 Å². The van der Waals surface area contributed by atoms with E-state index >= 15 is 0 Å². The van der Waals surface area contributed by atoms with E-state index in [4.69, 9.17) is 25.8 Å². The van der Waals surface area contributed by atoms with Crippen molar-refractivity contribution in [2.24, 2.45) is 5.92 Å². The van der Waals surface area contributed by atoms with Gasteiger partial charge in [-0.15, -0.1) is 0 Å². The van der Waals surface area contributed by atoms with Crippen molar-refractivity contribution in [3.63, 3.8) is 0 Å². The van der Waals surface area contributed by atoms with E-state index < -0.39 is 30.4 Å². The van der Waals surface area contributed by atoms with Crippen LogP contribution in [-0.2, 0) is 23.9 Å². The van der Waals surface area contributed by atoms with Gasteiger partial charge in [0.25, 0.3) is 5.91 Å². The fourth-order valence-electron chi connectivity index (χ4n) is 3.33. The number of anilines is 2. The molecule has 2 aromatic carbocycles. The number of carbonyl (C=O) groups is 4. The average molecular weight is 475 g/mol. The minimum absolute atomic E-state index is 0.0395. The molecule has 1 aliphatic heterocycles. The molecule has 33 heavy (non-hydrogen) atoms. The molecule has 0 radical (unpaired) electrons. The van der Waals surface area contributed by atoms with Crippen LogP contribution in [0.1, 0.15) is 23.7 Å². The van der Waals surface area contributed by atoms with Crippen LogP contribution in [0, 0.1) is 5.92 Å². The molecule has 9 nitrogen and oxygen atoms in total. The van der Waals surface area contributed by atoms with E-state index in [2.05, 4.69) is 5.32 Å². The van der Waals surface area contributed by atoms with Crippen LogP contribution >= 0.6 is 11.6 Å². The van der Waals surface area contributed by atoms with Crippen LogP contribution in [0.15, 0.2) is 42.5 Å². The van der Waals surface area contributed by atoms with E-state index in [1.54, 1.807) is 43.3 Å². The Bertz CT molecular complexity index is 1060. The summed E-state index contributed by atoms with van der Waals surface area (Å²) in [5, 5.41) is 2.98. The zero-order valence-corrected chi connectivity index (χ0v) is 18.9. The SMILES string of the molecule is CCOC(=O)c1ccc(N2C[C@@H](C(=O)OCC(=O)Nc3cc(Cl)ccc3OC)CC2=O)cc1. The predicted octanol–water partition coefficient (Wildman–Crippen LogP) is 3.06. The van der Waals surface area contributed by atoms with E-state index in [0.717, 1.165) is 0 Å². The standard InChI is InChI=1S/C23H23ClN2O7/c1-3-32-22(29)14-4-7-17(8-5-14)26-12-15(10-21(26)28)23(30)33-13-20(27)25-18-11-16(24)6-9-19(18)31-2/h4-9,11,15H,3,10,12-13H2,1-2H3,(H,25,27)/t15-/m0/s1. The number of ether oxygens (including phenoxy) is 3. The van der Waals surface area contributed by atoms with Crippen LogP contribution in [0.3, 0.4) is 0 Å². The Kier molecular flexibility index (Phi) is 7.89. The molecule has 1 saturated heterocycles. The van der Waals surface area contributed by atoms with Gasteiger partial charge in [0.2, 0.25) is 5.91 Å². The summed E-state index contributed by atoms with van der Waals surface area (Å²) in [5.74, 6) is -2.23. The highest BCUT2D eigenvalue weighted by molar-refractivity contribution is 6.31. The maximum absolute atomic E-state index is 12.4. The molecule has 0 bridgehead atoms. The van der Waals surface area contributed by atoms with Crippen LogP contribution in [-0.4, -0.2) is 50.6 Å². The number of nitrogens with zero attached hydrogens (tertiary/aromatic N) is 1. The quantitative estimate of drug-likeness (QED) is 0.585. The number of hydrogen-bond acceptors (Lipinski definition) is 7. The van der Waals surface area contributed by atoms with Crippen LogP contribution in [0.2, 0.25) is 5.02 Å². The molecule has 1 N–H and O–H groups in total. The number of halogens is 1. The number of rotatable bonds is 8. The summed E-state index contributed by atoms with van der Waals surface area (Å²) in [7, 11) is 1.45. The third-order valence-corrected chi connectivity index (χ3v) is 5.16. The highest BCUT2D eigenvalue weighted by Gasteiger charge is 2.36. The van der Waals surface area contributed by atoms with Crippen molar-refractivity contribution in [2.45, 2.75) is 13.3 Å². The van der Waals surface area contributed by atoms with Crippen LogP contribution in [0.25, 0.3) is 0 Å². The molecular formula is C23H23ClN2O7. The molecule has 1 aliphatic rings. The summed E-state index contributed by atoms with van der Waals surface area (Å²) in [4.78, 5) is 50.2. The Labute approximate surface area is 195 Å². The molecule has 0 unspecified atom stereocenters. The van der Waals surface area contributed by atoms with E-state index in [9.17, 15) is 19.2 Å². The van der Waals surface area contributed by atoms with Crippen molar-refractivity contribution in [2.75, 3.05) is 37.1 Å². The average Bonchev–Trinajstić information content (AvgIpc) is 3.19. The molecule has 1 heterocycles.